The van der Waals surface area contributed by atoms with Gasteiger partial charge < -0.3 is 20.3 Å². The number of benzene rings is 1. The first-order chi connectivity index (χ1) is 9.65. The zero-order valence-electron chi connectivity index (χ0n) is 11.5. The van der Waals surface area contributed by atoms with Gasteiger partial charge in [0.1, 0.15) is 5.82 Å². The van der Waals surface area contributed by atoms with Gasteiger partial charge in [0, 0.05) is 12.6 Å². The average molecular weight is 274 g/mol. The Morgan fingerprint density at radius 3 is 2.60 bits per heavy atom. The molecule has 0 fully saturated rings. The molecule has 1 heterocycles. The highest BCUT2D eigenvalue weighted by Gasteiger charge is 2.13. The van der Waals surface area contributed by atoms with Crippen LogP contribution in [0.1, 0.15) is 17.2 Å². The number of ether oxygens (including phenoxy) is 2. The van der Waals surface area contributed by atoms with Gasteiger partial charge in [-0.2, -0.15) is 0 Å². The minimum atomic E-state index is -0.679. The number of anilines is 1. The van der Waals surface area contributed by atoms with E-state index in [1.165, 1.54) is 0 Å². The number of hydrogen-bond donors (Lipinski definition) is 2. The number of aliphatic hydroxyl groups is 1. The minimum Gasteiger partial charge on any atom is -0.493 e. The second kappa shape index (κ2) is 6.25. The van der Waals surface area contributed by atoms with Crippen molar-refractivity contribution in [2.45, 2.75) is 12.5 Å². The van der Waals surface area contributed by atoms with E-state index in [2.05, 4.69) is 4.98 Å². The summed E-state index contributed by atoms with van der Waals surface area (Å²) in [4.78, 5) is 4.01. The number of nitrogens with two attached hydrogens (primary N) is 1. The third-order valence-corrected chi connectivity index (χ3v) is 3.13. The van der Waals surface area contributed by atoms with Crippen molar-refractivity contribution in [3.63, 3.8) is 0 Å². The van der Waals surface area contributed by atoms with Gasteiger partial charge in [0.05, 0.1) is 20.3 Å². The van der Waals surface area contributed by atoms with Crippen molar-refractivity contribution in [1.29, 1.82) is 0 Å². The largest absolute Gasteiger partial charge is 0.493 e. The van der Waals surface area contributed by atoms with E-state index in [1.54, 1.807) is 44.7 Å². The summed E-state index contributed by atoms with van der Waals surface area (Å²) in [5.74, 6) is 1.65. The smallest absolute Gasteiger partial charge is 0.161 e. The molecule has 0 amide bonds. The van der Waals surface area contributed by atoms with Gasteiger partial charge in [-0.15, -0.1) is 0 Å². The van der Waals surface area contributed by atoms with Crippen molar-refractivity contribution in [3.8, 4) is 11.5 Å². The zero-order chi connectivity index (χ0) is 14.5. The normalized spacial score (nSPS) is 11.9. The van der Waals surface area contributed by atoms with Crippen LogP contribution in [0.25, 0.3) is 0 Å². The monoisotopic (exact) mass is 274 g/mol. The molecule has 0 aliphatic carbocycles. The molecule has 1 unspecified atom stereocenters. The Hall–Kier alpha value is -2.27. The van der Waals surface area contributed by atoms with Crippen LogP contribution >= 0.6 is 0 Å². The number of hydrogen-bond acceptors (Lipinski definition) is 5. The van der Waals surface area contributed by atoms with Gasteiger partial charge in [0.25, 0.3) is 0 Å². The SMILES string of the molecule is COc1ccc(C(O)Cc2cccnc2N)cc1OC. The molecule has 1 aromatic carbocycles. The molecule has 0 saturated heterocycles. The molecule has 1 atom stereocenters. The third kappa shape index (κ3) is 3.00. The lowest BCUT2D eigenvalue weighted by molar-refractivity contribution is 0.178. The van der Waals surface area contributed by atoms with E-state index < -0.39 is 6.10 Å². The summed E-state index contributed by atoms with van der Waals surface area (Å²) in [7, 11) is 3.14. The molecule has 0 bridgehead atoms. The lowest BCUT2D eigenvalue weighted by Crippen LogP contribution is -2.06. The van der Waals surface area contributed by atoms with E-state index in [0.717, 1.165) is 11.1 Å². The molecule has 0 saturated carbocycles. The lowest BCUT2D eigenvalue weighted by Gasteiger charge is -2.15. The van der Waals surface area contributed by atoms with Crippen molar-refractivity contribution in [3.05, 3.63) is 47.7 Å². The second-order valence-corrected chi connectivity index (χ2v) is 4.38. The molecule has 5 nitrogen and oxygen atoms in total. The number of methoxy groups -OCH3 is 2. The summed E-state index contributed by atoms with van der Waals surface area (Å²) < 4.78 is 10.4. The topological polar surface area (TPSA) is 77.6 Å². The fourth-order valence-electron chi connectivity index (χ4n) is 2.01. The Balaban J connectivity index is 2.21. The lowest BCUT2D eigenvalue weighted by atomic mass is 10.0. The van der Waals surface area contributed by atoms with E-state index in [0.29, 0.717) is 23.7 Å². The Morgan fingerprint density at radius 2 is 1.95 bits per heavy atom. The van der Waals surface area contributed by atoms with Gasteiger partial charge >= 0.3 is 0 Å². The number of aliphatic hydroxyl groups excluding tert-OH is 1. The molecule has 2 aromatic rings. The summed E-state index contributed by atoms with van der Waals surface area (Å²) in [5, 5.41) is 10.3. The van der Waals surface area contributed by atoms with Crippen molar-refractivity contribution in [2.24, 2.45) is 0 Å². The molecular weight excluding hydrogens is 256 g/mol. The third-order valence-electron chi connectivity index (χ3n) is 3.13. The van der Waals surface area contributed by atoms with Crippen molar-refractivity contribution < 1.29 is 14.6 Å². The summed E-state index contributed by atoms with van der Waals surface area (Å²) in [6.07, 6.45) is 1.35. The van der Waals surface area contributed by atoms with Crippen LogP contribution in [-0.4, -0.2) is 24.3 Å². The van der Waals surface area contributed by atoms with Crippen LogP contribution in [-0.2, 0) is 6.42 Å². The summed E-state index contributed by atoms with van der Waals surface area (Å²) in [5.41, 5.74) is 7.34. The number of rotatable bonds is 5. The number of nitrogens with zero attached hydrogens (tertiary/aromatic N) is 1. The van der Waals surface area contributed by atoms with Gasteiger partial charge in [-0.05, 0) is 29.3 Å². The predicted octanol–water partition coefficient (Wildman–Crippen LogP) is 1.96. The number of nitrogen functional groups attached to an aromatic ring is 1. The zero-order valence-corrected chi connectivity index (χ0v) is 11.5. The van der Waals surface area contributed by atoms with Crippen LogP contribution in [0.15, 0.2) is 36.5 Å². The Labute approximate surface area is 118 Å². The maximum atomic E-state index is 10.3. The first-order valence-corrected chi connectivity index (χ1v) is 6.25. The van der Waals surface area contributed by atoms with Crippen molar-refractivity contribution >= 4 is 5.82 Å². The molecule has 0 spiro atoms. The molecule has 1 aromatic heterocycles. The van der Waals surface area contributed by atoms with Crippen LogP contribution in [0.3, 0.4) is 0 Å². The van der Waals surface area contributed by atoms with Gasteiger partial charge in [-0.25, -0.2) is 4.98 Å². The van der Waals surface area contributed by atoms with Crippen LogP contribution in [0.2, 0.25) is 0 Å². The van der Waals surface area contributed by atoms with Crippen molar-refractivity contribution in [2.75, 3.05) is 20.0 Å². The highest BCUT2D eigenvalue weighted by Crippen LogP contribution is 2.31. The quantitative estimate of drug-likeness (QED) is 0.871. The number of aromatic nitrogens is 1. The molecule has 0 aliphatic heterocycles. The standard InChI is InChI=1S/C15H18N2O3/c1-19-13-6-5-10(9-14(13)20-2)12(18)8-11-4-3-7-17-15(11)16/h3-7,9,12,18H,8H2,1-2H3,(H2,16,17). The van der Waals surface area contributed by atoms with E-state index >= 15 is 0 Å². The Morgan fingerprint density at radius 1 is 1.20 bits per heavy atom. The number of pyridine rings is 1. The summed E-state index contributed by atoms with van der Waals surface area (Å²) >= 11 is 0. The molecule has 20 heavy (non-hydrogen) atoms. The van der Waals surface area contributed by atoms with Gasteiger partial charge in [-0.3, -0.25) is 0 Å². The fourth-order valence-corrected chi connectivity index (χ4v) is 2.01. The highest BCUT2D eigenvalue weighted by atomic mass is 16.5. The molecule has 106 valence electrons. The van der Waals surface area contributed by atoms with Crippen LogP contribution in [0.4, 0.5) is 5.82 Å². The van der Waals surface area contributed by atoms with Crippen LogP contribution < -0.4 is 15.2 Å². The molecular formula is C15H18N2O3. The summed E-state index contributed by atoms with van der Waals surface area (Å²) in [6.45, 7) is 0. The van der Waals surface area contributed by atoms with E-state index in [1.807, 2.05) is 6.07 Å². The van der Waals surface area contributed by atoms with Crippen LogP contribution in [0, 0.1) is 0 Å². The molecule has 5 heteroatoms. The van der Waals surface area contributed by atoms with E-state index in [4.69, 9.17) is 15.2 Å². The van der Waals surface area contributed by atoms with Crippen molar-refractivity contribution in [1.82, 2.24) is 4.98 Å². The van der Waals surface area contributed by atoms with E-state index in [9.17, 15) is 5.11 Å². The maximum Gasteiger partial charge on any atom is 0.161 e. The Kier molecular flexibility index (Phi) is 4.42. The fraction of sp³-hybridized carbons (Fsp3) is 0.267. The predicted molar refractivity (Wildman–Crippen MR) is 76.9 cm³/mol. The molecule has 0 radical (unpaired) electrons. The molecule has 2 rings (SSSR count). The average Bonchev–Trinajstić information content (AvgIpc) is 2.48. The minimum absolute atomic E-state index is 0.398. The highest BCUT2D eigenvalue weighted by molar-refractivity contribution is 5.45. The van der Waals surface area contributed by atoms with E-state index in [-0.39, 0.29) is 0 Å². The van der Waals surface area contributed by atoms with Gasteiger partial charge in [-0.1, -0.05) is 12.1 Å². The second-order valence-electron chi connectivity index (χ2n) is 4.38. The molecule has 3 N–H and O–H groups in total. The van der Waals surface area contributed by atoms with Gasteiger partial charge in [0.2, 0.25) is 0 Å². The first kappa shape index (κ1) is 14.1. The molecule has 0 aliphatic rings. The van der Waals surface area contributed by atoms with Crippen LogP contribution in [0.5, 0.6) is 11.5 Å². The van der Waals surface area contributed by atoms with Gasteiger partial charge in [0.15, 0.2) is 11.5 Å². The first-order valence-electron chi connectivity index (χ1n) is 6.25. The summed E-state index contributed by atoms with van der Waals surface area (Å²) in [6, 6.07) is 8.98. The Bertz CT molecular complexity index is 587. The maximum absolute atomic E-state index is 10.3.